The molecule has 0 atom stereocenters. The van der Waals surface area contributed by atoms with Crippen LogP contribution in [0, 0.1) is 10.1 Å². The van der Waals surface area contributed by atoms with Crippen LogP contribution in [0.15, 0.2) is 51.7 Å². The zero-order valence-electron chi connectivity index (χ0n) is 11.2. The lowest BCUT2D eigenvalue weighted by molar-refractivity contribution is -0.384. The van der Waals surface area contributed by atoms with E-state index in [2.05, 4.69) is 5.32 Å². The van der Waals surface area contributed by atoms with Crippen molar-refractivity contribution in [3.8, 4) is 0 Å². The second-order valence-corrected chi connectivity index (χ2v) is 4.95. The minimum Gasteiger partial charge on any atom is -0.408 e. The molecule has 112 valence electrons. The van der Waals surface area contributed by atoms with Gasteiger partial charge in [-0.1, -0.05) is 23.7 Å². The molecular formula is C14H10ClN3O4. The van der Waals surface area contributed by atoms with E-state index < -0.39 is 10.7 Å². The molecule has 7 nitrogen and oxygen atoms in total. The van der Waals surface area contributed by atoms with Crippen molar-refractivity contribution in [2.75, 3.05) is 5.32 Å². The van der Waals surface area contributed by atoms with Gasteiger partial charge in [-0.3, -0.25) is 14.7 Å². The standard InChI is InChI=1S/C14H10ClN3O4/c15-9-5-6-12-13(7-9)22-14(19)17(12)8-16-10-3-1-2-4-11(10)18(20)21/h1-7,16H,8H2. The fraction of sp³-hybridized carbons (Fsp3) is 0.0714. The van der Waals surface area contributed by atoms with E-state index in [1.54, 1.807) is 36.4 Å². The Morgan fingerprint density at radius 3 is 2.82 bits per heavy atom. The van der Waals surface area contributed by atoms with Crippen molar-refractivity contribution in [2.24, 2.45) is 0 Å². The lowest BCUT2D eigenvalue weighted by Crippen LogP contribution is -2.19. The van der Waals surface area contributed by atoms with Crippen LogP contribution in [0.3, 0.4) is 0 Å². The smallest absolute Gasteiger partial charge is 0.408 e. The molecule has 0 fully saturated rings. The van der Waals surface area contributed by atoms with Gasteiger partial charge in [-0.25, -0.2) is 4.79 Å². The number of para-hydroxylation sites is 2. The predicted octanol–water partition coefficient (Wildman–Crippen LogP) is 3.23. The zero-order chi connectivity index (χ0) is 15.7. The number of nitro benzene ring substituents is 1. The Bertz CT molecular complexity index is 916. The number of oxazole rings is 1. The predicted molar refractivity (Wildman–Crippen MR) is 82.2 cm³/mol. The molecule has 8 heteroatoms. The van der Waals surface area contributed by atoms with Gasteiger partial charge in [0.25, 0.3) is 5.69 Å². The van der Waals surface area contributed by atoms with Crippen LogP contribution in [0.1, 0.15) is 0 Å². The molecule has 0 aliphatic heterocycles. The molecule has 2 aromatic carbocycles. The number of hydrogen-bond acceptors (Lipinski definition) is 5. The number of rotatable bonds is 4. The Kier molecular flexibility index (Phi) is 3.56. The Hall–Kier alpha value is -2.80. The maximum Gasteiger partial charge on any atom is 0.421 e. The molecule has 3 aromatic rings. The van der Waals surface area contributed by atoms with Gasteiger partial charge in [0.2, 0.25) is 0 Å². The third-order valence-corrected chi connectivity index (χ3v) is 3.39. The first-order valence-corrected chi connectivity index (χ1v) is 6.70. The van der Waals surface area contributed by atoms with E-state index in [0.717, 1.165) is 0 Å². The number of fused-ring (bicyclic) bond motifs is 1. The Morgan fingerprint density at radius 1 is 1.27 bits per heavy atom. The number of benzene rings is 2. The third-order valence-electron chi connectivity index (χ3n) is 3.16. The van der Waals surface area contributed by atoms with E-state index in [4.69, 9.17) is 16.0 Å². The van der Waals surface area contributed by atoms with Gasteiger partial charge in [0.15, 0.2) is 5.58 Å². The minimum absolute atomic E-state index is 0.0400. The molecule has 0 aliphatic carbocycles. The second-order valence-electron chi connectivity index (χ2n) is 4.52. The highest BCUT2D eigenvalue weighted by Crippen LogP contribution is 2.24. The highest BCUT2D eigenvalue weighted by Gasteiger charge is 2.14. The number of nitro groups is 1. The first-order valence-electron chi connectivity index (χ1n) is 6.32. The quantitative estimate of drug-likeness (QED) is 0.589. The van der Waals surface area contributed by atoms with Crippen LogP contribution in [0.25, 0.3) is 11.1 Å². The molecule has 0 spiro atoms. The highest BCUT2D eigenvalue weighted by atomic mass is 35.5. The maximum absolute atomic E-state index is 11.9. The van der Waals surface area contributed by atoms with Crippen molar-refractivity contribution in [2.45, 2.75) is 6.67 Å². The summed E-state index contributed by atoms with van der Waals surface area (Å²) < 4.78 is 6.43. The lowest BCUT2D eigenvalue weighted by atomic mass is 10.3. The van der Waals surface area contributed by atoms with Gasteiger partial charge < -0.3 is 9.73 Å². The van der Waals surface area contributed by atoms with Gasteiger partial charge in [0, 0.05) is 17.2 Å². The number of nitrogens with one attached hydrogen (secondary N) is 1. The number of anilines is 1. The van der Waals surface area contributed by atoms with Crippen molar-refractivity contribution >= 4 is 34.1 Å². The Labute approximate surface area is 128 Å². The Balaban J connectivity index is 1.94. The summed E-state index contributed by atoms with van der Waals surface area (Å²) in [6, 6.07) is 11.0. The molecule has 0 saturated heterocycles. The molecule has 1 N–H and O–H groups in total. The van der Waals surface area contributed by atoms with Crippen molar-refractivity contribution in [3.05, 3.63) is 68.2 Å². The van der Waals surface area contributed by atoms with Crippen molar-refractivity contribution in [1.82, 2.24) is 4.57 Å². The van der Waals surface area contributed by atoms with Crippen LogP contribution in [0.4, 0.5) is 11.4 Å². The lowest BCUT2D eigenvalue weighted by Gasteiger charge is -2.07. The van der Waals surface area contributed by atoms with Crippen molar-refractivity contribution < 1.29 is 9.34 Å². The summed E-state index contributed by atoms with van der Waals surface area (Å²) in [5.74, 6) is -0.566. The first kappa shape index (κ1) is 14.2. The summed E-state index contributed by atoms with van der Waals surface area (Å²) >= 11 is 5.85. The highest BCUT2D eigenvalue weighted by molar-refractivity contribution is 6.31. The molecule has 3 rings (SSSR count). The van der Waals surface area contributed by atoms with Crippen LogP contribution in [-0.4, -0.2) is 9.49 Å². The molecule has 0 aliphatic rings. The van der Waals surface area contributed by atoms with Crippen LogP contribution < -0.4 is 11.1 Å². The monoisotopic (exact) mass is 319 g/mol. The summed E-state index contributed by atoms with van der Waals surface area (Å²) in [5, 5.41) is 14.3. The molecule has 0 saturated carbocycles. The van der Waals surface area contributed by atoms with E-state index in [-0.39, 0.29) is 12.4 Å². The summed E-state index contributed by atoms with van der Waals surface area (Å²) in [5.41, 5.74) is 1.18. The van der Waals surface area contributed by atoms with E-state index in [1.165, 1.54) is 10.6 Å². The van der Waals surface area contributed by atoms with Crippen LogP contribution in [0.2, 0.25) is 5.02 Å². The number of halogens is 1. The topological polar surface area (TPSA) is 90.3 Å². The fourth-order valence-corrected chi connectivity index (χ4v) is 2.30. The summed E-state index contributed by atoms with van der Waals surface area (Å²) in [7, 11) is 0. The van der Waals surface area contributed by atoms with E-state index in [1.807, 2.05) is 0 Å². The number of hydrogen-bond donors (Lipinski definition) is 1. The van der Waals surface area contributed by atoms with Gasteiger partial charge in [0.1, 0.15) is 5.69 Å². The average Bonchev–Trinajstić information content (AvgIpc) is 2.79. The normalized spacial score (nSPS) is 10.8. The zero-order valence-corrected chi connectivity index (χ0v) is 11.9. The van der Waals surface area contributed by atoms with E-state index >= 15 is 0 Å². The number of nitrogens with zero attached hydrogens (tertiary/aromatic N) is 2. The molecule has 0 amide bonds. The minimum atomic E-state index is -0.566. The van der Waals surface area contributed by atoms with Gasteiger partial charge in [0.05, 0.1) is 17.1 Å². The molecule has 1 heterocycles. The van der Waals surface area contributed by atoms with Gasteiger partial charge in [-0.05, 0) is 18.2 Å². The molecule has 0 radical (unpaired) electrons. The van der Waals surface area contributed by atoms with Crippen LogP contribution in [-0.2, 0) is 6.67 Å². The van der Waals surface area contributed by atoms with E-state index in [9.17, 15) is 14.9 Å². The largest absolute Gasteiger partial charge is 0.421 e. The van der Waals surface area contributed by atoms with Gasteiger partial charge in [-0.2, -0.15) is 0 Å². The van der Waals surface area contributed by atoms with Crippen LogP contribution >= 0.6 is 11.6 Å². The van der Waals surface area contributed by atoms with Crippen LogP contribution in [0.5, 0.6) is 0 Å². The summed E-state index contributed by atoms with van der Waals surface area (Å²) in [6.07, 6.45) is 0. The van der Waals surface area contributed by atoms with Gasteiger partial charge >= 0.3 is 5.76 Å². The Morgan fingerprint density at radius 2 is 2.05 bits per heavy atom. The SMILES string of the molecule is O=c1oc2cc(Cl)ccc2n1CNc1ccccc1[N+](=O)[O-]. The third kappa shape index (κ3) is 2.53. The van der Waals surface area contributed by atoms with E-state index in [0.29, 0.717) is 21.8 Å². The maximum atomic E-state index is 11.9. The average molecular weight is 320 g/mol. The molecule has 0 unspecified atom stereocenters. The molecular weight excluding hydrogens is 310 g/mol. The summed E-state index contributed by atoms with van der Waals surface area (Å²) in [6.45, 7) is 0.0400. The van der Waals surface area contributed by atoms with Gasteiger partial charge in [-0.15, -0.1) is 0 Å². The molecule has 1 aromatic heterocycles. The first-order chi connectivity index (χ1) is 10.6. The molecule has 0 bridgehead atoms. The second kappa shape index (κ2) is 5.53. The van der Waals surface area contributed by atoms with Crippen molar-refractivity contribution in [3.63, 3.8) is 0 Å². The van der Waals surface area contributed by atoms with Crippen molar-refractivity contribution in [1.29, 1.82) is 0 Å². The summed E-state index contributed by atoms with van der Waals surface area (Å²) in [4.78, 5) is 22.3. The fourth-order valence-electron chi connectivity index (χ4n) is 2.14. The number of aromatic nitrogens is 1. The molecule has 22 heavy (non-hydrogen) atoms.